The molecule has 370 valence electrons. The molecule has 0 saturated carbocycles. The molecule has 0 saturated heterocycles. The molecule has 0 unspecified atom stereocenters. The molecule has 2 nitrogen and oxygen atoms in total. The third kappa shape index (κ3) is 11.4. The number of rotatable bonds is 13. The van der Waals surface area contributed by atoms with E-state index in [9.17, 15) is 0 Å². The van der Waals surface area contributed by atoms with Gasteiger partial charge in [-0.2, -0.15) is 0 Å². The molecule has 8 rings (SSSR count). The summed E-state index contributed by atoms with van der Waals surface area (Å²) in [4.78, 5) is 0. The van der Waals surface area contributed by atoms with E-state index in [1.54, 1.807) is 0 Å². The van der Waals surface area contributed by atoms with Crippen LogP contribution >= 0.6 is 16.3 Å². The van der Waals surface area contributed by atoms with Crippen molar-refractivity contribution < 1.29 is 9.05 Å². The lowest BCUT2D eigenvalue weighted by molar-refractivity contribution is 0.611. The summed E-state index contributed by atoms with van der Waals surface area (Å²) >= 11 is 0. The van der Waals surface area contributed by atoms with Crippen LogP contribution in [0.2, 0.25) is 0 Å². The lowest BCUT2D eigenvalue weighted by Crippen LogP contribution is -2.19. The molecule has 0 aliphatic heterocycles. The van der Waals surface area contributed by atoms with Gasteiger partial charge >= 0.3 is 0 Å². The molecular weight excluding hydrogens is 911 g/mol. The van der Waals surface area contributed by atoms with Gasteiger partial charge in [0.25, 0.3) is 0 Å². The number of hydrogen-bond donors (Lipinski definition) is 0. The molecule has 4 heteroatoms. The number of hydrogen-bond acceptors (Lipinski definition) is 2. The Hall–Kier alpha value is -5.78. The lowest BCUT2D eigenvalue weighted by Gasteiger charge is -2.30. The minimum absolute atomic E-state index is 0.734. The molecule has 8 aromatic rings. The zero-order valence-corrected chi connectivity index (χ0v) is 48.3. The maximum absolute atomic E-state index is 8.15. The van der Waals surface area contributed by atoms with Crippen molar-refractivity contribution in [2.45, 2.75) is 137 Å². The molecule has 72 heavy (non-hydrogen) atoms. The van der Waals surface area contributed by atoms with Crippen molar-refractivity contribution in [2.75, 3.05) is 0 Å². The Balaban J connectivity index is 1.52. The molecular formula is C68H76O2P2. The summed E-state index contributed by atoms with van der Waals surface area (Å²) in [6.45, 7) is 40.4. The standard InChI is InChI=1S/C68H76O2P2/c1-39-19-40(2)28-59(27-39)71(60-29-41(3)20-42(4)30-60)69-67-57(37-63-51(13)23-47(9)24-52(63)14)35-49(11)55(17)65(67)66-56(18)50(12)36-58(38-64-53(15)25-48(10)26-54(64)16)68(66)70-72(61-31-43(5)21-44(6)32-61)62-33-45(7)22-46(8)34-62/h19-36H,37-38H2,1-18H3. The Morgan fingerprint density at radius 2 is 0.486 bits per heavy atom. The van der Waals surface area contributed by atoms with Crippen molar-refractivity contribution >= 4 is 37.5 Å². The highest BCUT2D eigenvalue weighted by Crippen LogP contribution is 2.54. The number of aryl methyl sites for hydroxylation is 16. The molecule has 0 aliphatic rings. The fourth-order valence-electron chi connectivity index (χ4n) is 11.3. The predicted molar refractivity (Wildman–Crippen MR) is 315 cm³/mol. The summed E-state index contributed by atoms with van der Waals surface area (Å²) < 4.78 is 16.3. The summed E-state index contributed by atoms with van der Waals surface area (Å²) in [6, 6.07) is 42.1. The van der Waals surface area contributed by atoms with Crippen LogP contribution in [-0.2, 0) is 12.8 Å². The van der Waals surface area contributed by atoms with Crippen LogP contribution in [0.25, 0.3) is 11.1 Å². The lowest BCUT2D eigenvalue weighted by atomic mass is 9.84. The largest absolute Gasteiger partial charge is 0.464 e. The van der Waals surface area contributed by atoms with Gasteiger partial charge in [-0.25, -0.2) is 0 Å². The fraction of sp³-hybridized carbons (Fsp3) is 0.294. The van der Waals surface area contributed by atoms with E-state index in [1.165, 1.54) is 144 Å². The smallest absolute Gasteiger partial charge is 0.150 e. The SMILES string of the molecule is Cc1cc(C)cc(P(Oc2c(Cc3c(C)cc(C)cc3C)cc(C)c(C)c2-c2c(C)c(C)cc(Cc3c(C)cc(C)cc3C)c2OP(c2cc(C)cc(C)c2)c2cc(C)cc(C)c2)c2cc(C)cc(C)c2)c1. The van der Waals surface area contributed by atoms with Crippen LogP contribution in [0.4, 0.5) is 0 Å². The normalized spacial score (nSPS) is 11.6. The predicted octanol–water partition coefficient (Wildman–Crippen LogP) is 16.9. The highest BCUT2D eigenvalue weighted by Gasteiger charge is 2.31. The van der Waals surface area contributed by atoms with Crippen LogP contribution in [0.3, 0.4) is 0 Å². The van der Waals surface area contributed by atoms with E-state index in [1.807, 2.05) is 0 Å². The van der Waals surface area contributed by atoms with E-state index in [-0.39, 0.29) is 0 Å². The second-order valence-corrected chi connectivity index (χ2v) is 25.2. The third-order valence-corrected chi connectivity index (χ3v) is 18.2. The maximum Gasteiger partial charge on any atom is 0.150 e. The Morgan fingerprint density at radius 3 is 0.722 bits per heavy atom. The van der Waals surface area contributed by atoms with Gasteiger partial charge in [0.1, 0.15) is 11.5 Å². The van der Waals surface area contributed by atoms with Crippen LogP contribution < -0.4 is 30.3 Å². The molecule has 0 N–H and O–H groups in total. The molecule has 0 aromatic heterocycles. The molecule has 0 fully saturated rings. The van der Waals surface area contributed by atoms with Crippen molar-refractivity contribution in [3.63, 3.8) is 0 Å². The zero-order chi connectivity index (χ0) is 52.0. The molecule has 8 aromatic carbocycles. The Labute approximate surface area is 436 Å². The van der Waals surface area contributed by atoms with Crippen molar-refractivity contribution in [2.24, 2.45) is 0 Å². The van der Waals surface area contributed by atoms with Gasteiger partial charge in [-0.05, 0) is 240 Å². The Bertz CT molecular complexity index is 2950. The van der Waals surface area contributed by atoms with Crippen LogP contribution in [-0.4, -0.2) is 0 Å². The second-order valence-electron chi connectivity index (χ2n) is 21.6. The topological polar surface area (TPSA) is 18.5 Å². The molecule has 0 atom stereocenters. The molecule has 0 spiro atoms. The molecule has 0 amide bonds. The minimum Gasteiger partial charge on any atom is -0.464 e. The van der Waals surface area contributed by atoms with Crippen molar-refractivity contribution in [1.82, 2.24) is 0 Å². The monoisotopic (exact) mass is 987 g/mol. The highest BCUT2D eigenvalue weighted by molar-refractivity contribution is 7.69. The fourth-order valence-corrected chi connectivity index (χ4v) is 15.7. The average Bonchev–Trinajstić information content (AvgIpc) is 3.26. The first-order chi connectivity index (χ1) is 34.0. The minimum atomic E-state index is -1.36. The Morgan fingerprint density at radius 1 is 0.264 bits per heavy atom. The van der Waals surface area contributed by atoms with E-state index >= 15 is 0 Å². The van der Waals surface area contributed by atoms with E-state index < -0.39 is 16.3 Å². The van der Waals surface area contributed by atoms with E-state index in [0.717, 1.165) is 35.5 Å². The highest BCUT2D eigenvalue weighted by atomic mass is 31.1. The van der Waals surface area contributed by atoms with Gasteiger partial charge in [0.2, 0.25) is 0 Å². The molecule has 0 radical (unpaired) electrons. The summed E-state index contributed by atoms with van der Waals surface area (Å²) in [7, 11) is -2.72. The number of benzene rings is 8. The first-order valence-electron chi connectivity index (χ1n) is 25.7. The quantitative estimate of drug-likeness (QED) is 0.107. The summed E-state index contributed by atoms with van der Waals surface area (Å²) in [5.74, 6) is 1.88. The van der Waals surface area contributed by atoms with Crippen molar-refractivity contribution in [1.29, 1.82) is 0 Å². The van der Waals surface area contributed by atoms with Gasteiger partial charge in [0, 0.05) is 45.2 Å². The molecule has 0 aliphatic carbocycles. The zero-order valence-electron chi connectivity index (χ0n) is 46.5. The van der Waals surface area contributed by atoms with E-state index in [4.69, 9.17) is 9.05 Å². The Kier molecular flexibility index (Phi) is 15.6. The van der Waals surface area contributed by atoms with Crippen molar-refractivity contribution in [3.8, 4) is 22.6 Å². The van der Waals surface area contributed by atoms with Gasteiger partial charge in [-0.3, -0.25) is 0 Å². The van der Waals surface area contributed by atoms with E-state index in [2.05, 4.69) is 234 Å². The first kappa shape index (κ1) is 52.5. The second kappa shape index (κ2) is 21.4. The van der Waals surface area contributed by atoms with Crippen LogP contribution in [0.15, 0.2) is 109 Å². The van der Waals surface area contributed by atoms with E-state index in [0.29, 0.717) is 0 Å². The molecule has 0 bridgehead atoms. The van der Waals surface area contributed by atoms with Gasteiger partial charge in [-0.1, -0.05) is 116 Å². The summed E-state index contributed by atoms with van der Waals surface area (Å²) in [5.41, 5.74) is 29.9. The van der Waals surface area contributed by atoms with Crippen molar-refractivity contribution in [3.05, 3.63) is 232 Å². The van der Waals surface area contributed by atoms with Gasteiger partial charge in [-0.15, -0.1) is 0 Å². The van der Waals surface area contributed by atoms with Crippen LogP contribution in [0.1, 0.15) is 122 Å². The first-order valence-corrected chi connectivity index (χ1v) is 28.2. The van der Waals surface area contributed by atoms with Gasteiger partial charge in [0.05, 0.1) is 0 Å². The van der Waals surface area contributed by atoms with Gasteiger partial charge in [0.15, 0.2) is 16.3 Å². The summed E-state index contributed by atoms with van der Waals surface area (Å²) in [6.07, 6.45) is 1.47. The van der Waals surface area contributed by atoms with Crippen LogP contribution in [0, 0.1) is 125 Å². The van der Waals surface area contributed by atoms with Gasteiger partial charge < -0.3 is 9.05 Å². The molecule has 0 heterocycles. The van der Waals surface area contributed by atoms with Crippen LogP contribution in [0.5, 0.6) is 11.5 Å². The third-order valence-electron chi connectivity index (χ3n) is 14.5. The maximum atomic E-state index is 8.15. The average molecular weight is 987 g/mol. The summed E-state index contributed by atoms with van der Waals surface area (Å²) in [5, 5.41) is 4.84.